The van der Waals surface area contributed by atoms with Crippen LogP contribution >= 0.6 is 27.3 Å². The Balaban J connectivity index is 1.77. The van der Waals surface area contributed by atoms with Crippen LogP contribution in [0.2, 0.25) is 0 Å². The SMILES string of the molecule is CCCCCCC1(CCCCCC)c2ccccc2-c2ccc(-c3ccc(Br)s3)cc21. The molecule has 0 saturated carbocycles. The van der Waals surface area contributed by atoms with Crippen molar-refractivity contribution in [1.82, 2.24) is 0 Å². The van der Waals surface area contributed by atoms with Crippen LogP contribution in [0.3, 0.4) is 0 Å². The second-order valence-electron chi connectivity index (χ2n) is 9.11. The summed E-state index contributed by atoms with van der Waals surface area (Å²) in [6, 6.07) is 21.0. The van der Waals surface area contributed by atoms with Crippen LogP contribution in [0.5, 0.6) is 0 Å². The molecule has 164 valence electrons. The van der Waals surface area contributed by atoms with Crippen molar-refractivity contribution in [3.05, 3.63) is 69.5 Å². The van der Waals surface area contributed by atoms with Gasteiger partial charge >= 0.3 is 0 Å². The number of halogens is 1. The van der Waals surface area contributed by atoms with Crippen LogP contribution in [-0.4, -0.2) is 0 Å². The third-order valence-corrected chi connectivity index (χ3v) is 8.71. The number of fused-ring (bicyclic) bond motifs is 3. The van der Waals surface area contributed by atoms with Crippen molar-refractivity contribution in [1.29, 1.82) is 0 Å². The second kappa shape index (κ2) is 10.5. The molecule has 2 heteroatoms. The van der Waals surface area contributed by atoms with Crippen LogP contribution in [0.25, 0.3) is 21.6 Å². The highest BCUT2D eigenvalue weighted by atomic mass is 79.9. The lowest BCUT2D eigenvalue weighted by Crippen LogP contribution is -2.25. The Bertz CT molecular complexity index is 987. The predicted molar refractivity (Wildman–Crippen MR) is 141 cm³/mol. The number of benzene rings is 2. The average molecular weight is 496 g/mol. The summed E-state index contributed by atoms with van der Waals surface area (Å²) in [5.41, 5.74) is 7.67. The molecule has 0 spiro atoms. The van der Waals surface area contributed by atoms with Crippen LogP contribution in [-0.2, 0) is 5.41 Å². The van der Waals surface area contributed by atoms with Crippen molar-refractivity contribution in [3.63, 3.8) is 0 Å². The van der Waals surface area contributed by atoms with E-state index in [0.717, 1.165) is 0 Å². The van der Waals surface area contributed by atoms with E-state index in [0.29, 0.717) is 0 Å². The summed E-state index contributed by atoms with van der Waals surface area (Å²) in [6.45, 7) is 4.62. The normalized spacial score (nSPS) is 13.9. The minimum Gasteiger partial charge on any atom is -0.128 e. The van der Waals surface area contributed by atoms with Crippen molar-refractivity contribution in [2.75, 3.05) is 0 Å². The van der Waals surface area contributed by atoms with Crippen LogP contribution in [0.4, 0.5) is 0 Å². The molecule has 4 rings (SSSR count). The molecule has 0 amide bonds. The third-order valence-electron chi connectivity index (χ3n) is 7.04. The maximum Gasteiger partial charge on any atom is 0.0705 e. The molecule has 1 aliphatic carbocycles. The molecule has 1 aromatic heterocycles. The Kier molecular flexibility index (Phi) is 7.72. The van der Waals surface area contributed by atoms with E-state index in [2.05, 4.69) is 84.4 Å². The van der Waals surface area contributed by atoms with E-state index in [-0.39, 0.29) is 5.41 Å². The number of thiophene rings is 1. The average Bonchev–Trinajstić information content (AvgIpc) is 3.34. The fourth-order valence-corrected chi connectivity index (χ4v) is 6.83. The van der Waals surface area contributed by atoms with Crippen molar-refractivity contribution < 1.29 is 0 Å². The zero-order chi connectivity index (χ0) is 21.7. The minimum absolute atomic E-state index is 0.178. The fourth-order valence-electron chi connectivity index (χ4n) is 5.45. The van der Waals surface area contributed by atoms with Gasteiger partial charge in [0.25, 0.3) is 0 Å². The summed E-state index contributed by atoms with van der Waals surface area (Å²) < 4.78 is 1.21. The molecule has 31 heavy (non-hydrogen) atoms. The van der Waals surface area contributed by atoms with Gasteiger partial charge in [-0.1, -0.05) is 102 Å². The van der Waals surface area contributed by atoms with E-state index in [9.17, 15) is 0 Å². The van der Waals surface area contributed by atoms with E-state index < -0.39 is 0 Å². The molecular weight excluding hydrogens is 460 g/mol. The van der Waals surface area contributed by atoms with Gasteiger partial charge in [-0.3, -0.25) is 0 Å². The summed E-state index contributed by atoms with van der Waals surface area (Å²) in [7, 11) is 0. The molecule has 1 aliphatic rings. The van der Waals surface area contributed by atoms with E-state index in [4.69, 9.17) is 0 Å². The van der Waals surface area contributed by atoms with Gasteiger partial charge in [-0.2, -0.15) is 0 Å². The lowest BCUT2D eigenvalue weighted by atomic mass is 9.70. The van der Waals surface area contributed by atoms with Gasteiger partial charge in [-0.25, -0.2) is 0 Å². The smallest absolute Gasteiger partial charge is 0.0705 e. The Morgan fingerprint density at radius 1 is 0.710 bits per heavy atom. The van der Waals surface area contributed by atoms with Gasteiger partial charge in [-0.05, 0) is 74.8 Å². The topological polar surface area (TPSA) is 0 Å². The molecule has 1 heterocycles. The zero-order valence-electron chi connectivity index (χ0n) is 19.1. The standard InChI is InChI=1S/C29H35BrS/c1-3-5-7-11-19-29(20-12-8-6-4-2)25-14-10-9-13-23(25)24-16-15-22(21-26(24)29)27-17-18-28(30)31-27/h9-10,13-18,21H,3-8,11-12,19-20H2,1-2H3. The molecule has 0 bridgehead atoms. The summed E-state index contributed by atoms with van der Waals surface area (Å²) in [6.07, 6.45) is 13.2. The first kappa shape index (κ1) is 22.8. The highest BCUT2D eigenvalue weighted by Gasteiger charge is 2.42. The van der Waals surface area contributed by atoms with Crippen LogP contribution < -0.4 is 0 Å². The Morgan fingerprint density at radius 2 is 1.39 bits per heavy atom. The van der Waals surface area contributed by atoms with Crippen LogP contribution in [0.1, 0.15) is 89.2 Å². The van der Waals surface area contributed by atoms with E-state index in [1.807, 2.05) is 11.3 Å². The van der Waals surface area contributed by atoms with Gasteiger partial charge in [0.15, 0.2) is 0 Å². The largest absolute Gasteiger partial charge is 0.128 e. The first-order chi connectivity index (χ1) is 15.2. The van der Waals surface area contributed by atoms with Crippen molar-refractivity contribution in [2.24, 2.45) is 0 Å². The van der Waals surface area contributed by atoms with Crippen LogP contribution in [0.15, 0.2) is 58.4 Å². The molecule has 0 nitrogen and oxygen atoms in total. The summed E-state index contributed by atoms with van der Waals surface area (Å²) in [4.78, 5) is 1.36. The Labute approximate surface area is 201 Å². The molecular formula is C29H35BrS. The number of hydrogen-bond acceptors (Lipinski definition) is 1. The summed E-state index contributed by atoms with van der Waals surface area (Å²) >= 11 is 5.49. The molecule has 2 aromatic carbocycles. The third kappa shape index (κ3) is 4.71. The maximum absolute atomic E-state index is 3.65. The fraction of sp³-hybridized carbons (Fsp3) is 0.448. The van der Waals surface area contributed by atoms with E-state index in [1.54, 1.807) is 11.1 Å². The highest BCUT2D eigenvalue weighted by Crippen LogP contribution is 2.55. The minimum atomic E-state index is 0.178. The van der Waals surface area contributed by atoms with Crippen molar-refractivity contribution >= 4 is 27.3 Å². The maximum atomic E-state index is 3.65. The molecule has 0 N–H and O–H groups in total. The quantitative estimate of drug-likeness (QED) is 0.232. The Hall–Kier alpha value is -1.38. The van der Waals surface area contributed by atoms with E-state index in [1.165, 1.54) is 89.6 Å². The molecule has 0 saturated heterocycles. The first-order valence-electron chi connectivity index (χ1n) is 12.2. The van der Waals surface area contributed by atoms with Gasteiger partial charge in [0.05, 0.1) is 3.79 Å². The Morgan fingerprint density at radius 3 is 2.03 bits per heavy atom. The van der Waals surface area contributed by atoms with Gasteiger partial charge < -0.3 is 0 Å². The van der Waals surface area contributed by atoms with Gasteiger partial charge in [0, 0.05) is 10.3 Å². The monoisotopic (exact) mass is 494 g/mol. The lowest BCUT2D eigenvalue weighted by molar-refractivity contribution is 0.401. The lowest BCUT2D eigenvalue weighted by Gasteiger charge is -2.33. The summed E-state index contributed by atoms with van der Waals surface area (Å²) in [5, 5.41) is 0. The molecule has 3 aromatic rings. The van der Waals surface area contributed by atoms with Gasteiger partial charge in [0.2, 0.25) is 0 Å². The first-order valence-corrected chi connectivity index (χ1v) is 13.8. The van der Waals surface area contributed by atoms with Crippen molar-refractivity contribution in [2.45, 2.75) is 83.5 Å². The van der Waals surface area contributed by atoms with E-state index >= 15 is 0 Å². The highest BCUT2D eigenvalue weighted by molar-refractivity contribution is 9.11. The molecule has 0 aliphatic heterocycles. The summed E-state index contributed by atoms with van der Waals surface area (Å²) in [5.74, 6) is 0. The predicted octanol–water partition coefficient (Wildman–Crippen LogP) is 10.4. The van der Waals surface area contributed by atoms with Crippen molar-refractivity contribution in [3.8, 4) is 21.6 Å². The van der Waals surface area contributed by atoms with Crippen LogP contribution in [0, 0.1) is 0 Å². The number of hydrogen-bond donors (Lipinski definition) is 0. The number of rotatable bonds is 11. The molecule has 0 fully saturated rings. The van der Waals surface area contributed by atoms with Gasteiger partial charge in [0.1, 0.15) is 0 Å². The van der Waals surface area contributed by atoms with Gasteiger partial charge in [-0.15, -0.1) is 11.3 Å². The molecule has 0 radical (unpaired) electrons. The molecule has 0 unspecified atom stereocenters. The second-order valence-corrected chi connectivity index (χ2v) is 11.6. The number of unbranched alkanes of at least 4 members (excludes halogenated alkanes) is 6. The zero-order valence-corrected chi connectivity index (χ0v) is 21.5. The molecule has 0 atom stereocenters.